The largest absolute Gasteiger partial charge is 0.393 e. The maximum absolute atomic E-state index is 6.37. The van der Waals surface area contributed by atoms with Gasteiger partial charge in [-0.05, 0) is 42.9 Å². The van der Waals surface area contributed by atoms with Gasteiger partial charge < -0.3 is 16.0 Å². The number of nitrogen functional groups attached to an aromatic ring is 1. The van der Waals surface area contributed by atoms with E-state index in [9.17, 15) is 0 Å². The van der Waals surface area contributed by atoms with E-state index in [0.717, 1.165) is 43.9 Å². The summed E-state index contributed by atoms with van der Waals surface area (Å²) in [6, 6.07) is 14.5. The van der Waals surface area contributed by atoms with Crippen molar-refractivity contribution in [2.45, 2.75) is 19.3 Å². The number of benzene rings is 1. The lowest BCUT2D eigenvalue weighted by Crippen LogP contribution is -2.35. The minimum Gasteiger partial charge on any atom is -0.393 e. The van der Waals surface area contributed by atoms with Crippen LogP contribution in [-0.2, 0) is 6.42 Å². The minimum atomic E-state index is 0.586. The number of pyridine rings is 1. The molecule has 6 heteroatoms. The molecule has 1 aliphatic rings. The molecular weight excluding hydrogens is 336 g/mol. The second kappa shape index (κ2) is 8.03. The molecule has 1 aliphatic heterocycles. The molecule has 0 amide bonds. The van der Waals surface area contributed by atoms with Gasteiger partial charge >= 0.3 is 0 Å². The van der Waals surface area contributed by atoms with Crippen molar-refractivity contribution in [1.82, 2.24) is 15.0 Å². The highest BCUT2D eigenvalue weighted by atomic mass is 15.2. The molecule has 138 valence electrons. The van der Waals surface area contributed by atoms with Crippen molar-refractivity contribution in [1.29, 1.82) is 0 Å². The maximum atomic E-state index is 6.37. The van der Waals surface area contributed by atoms with E-state index in [1.165, 1.54) is 5.56 Å². The summed E-state index contributed by atoms with van der Waals surface area (Å²) >= 11 is 0. The van der Waals surface area contributed by atoms with Crippen LogP contribution < -0.4 is 16.0 Å². The first-order valence-corrected chi connectivity index (χ1v) is 9.36. The van der Waals surface area contributed by atoms with Gasteiger partial charge in [0.2, 0.25) is 0 Å². The predicted molar refractivity (Wildman–Crippen MR) is 109 cm³/mol. The zero-order chi connectivity index (χ0) is 18.5. The van der Waals surface area contributed by atoms with E-state index in [4.69, 9.17) is 5.73 Å². The van der Waals surface area contributed by atoms with Crippen LogP contribution in [0.4, 0.5) is 23.0 Å². The van der Waals surface area contributed by atoms with E-state index in [0.29, 0.717) is 17.4 Å². The normalized spacial score (nSPS) is 14.9. The number of piperidine rings is 1. The fourth-order valence-electron chi connectivity index (χ4n) is 3.61. The number of rotatable bonds is 5. The molecular formula is C21H24N6. The van der Waals surface area contributed by atoms with E-state index in [-0.39, 0.29) is 0 Å². The van der Waals surface area contributed by atoms with Gasteiger partial charge in [0.1, 0.15) is 12.0 Å². The van der Waals surface area contributed by atoms with Crippen LogP contribution in [0.25, 0.3) is 0 Å². The number of nitrogens with one attached hydrogen (secondary N) is 1. The SMILES string of the molecule is Nc1c(Nc2cccnc2)ncnc1N1CCC(Cc2ccccc2)CC1. The van der Waals surface area contributed by atoms with Gasteiger partial charge in [0.05, 0.1) is 11.9 Å². The molecule has 0 spiro atoms. The summed E-state index contributed by atoms with van der Waals surface area (Å²) in [7, 11) is 0. The quantitative estimate of drug-likeness (QED) is 0.723. The molecule has 2 aromatic heterocycles. The number of aromatic nitrogens is 3. The molecule has 0 bridgehead atoms. The van der Waals surface area contributed by atoms with Crippen molar-refractivity contribution in [3.63, 3.8) is 0 Å². The Labute approximate surface area is 159 Å². The summed E-state index contributed by atoms with van der Waals surface area (Å²) in [5.41, 5.74) is 9.23. The Balaban J connectivity index is 1.41. The molecule has 27 heavy (non-hydrogen) atoms. The van der Waals surface area contributed by atoms with Gasteiger partial charge in [-0.3, -0.25) is 4.98 Å². The summed E-state index contributed by atoms with van der Waals surface area (Å²) in [4.78, 5) is 15.1. The lowest BCUT2D eigenvalue weighted by molar-refractivity contribution is 0.402. The third-order valence-electron chi connectivity index (χ3n) is 5.07. The fourth-order valence-corrected chi connectivity index (χ4v) is 3.61. The topological polar surface area (TPSA) is 80.0 Å². The molecule has 0 unspecified atom stereocenters. The molecule has 1 aromatic carbocycles. The number of hydrogen-bond donors (Lipinski definition) is 2. The van der Waals surface area contributed by atoms with Gasteiger partial charge in [0.15, 0.2) is 11.6 Å². The second-order valence-corrected chi connectivity index (χ2v) is 6.95. The number of hydrogen-bond acceptors (Lipinski definition) is 6. The van der Waals surface area contributed by atoms with Gasteiger partial charge in [-0.25, -0.2) is 9.97 Å². The van der Waals surface area contributed by atoms with Crippen LogP contribution in [0, 0.1) is 5.92 Å². The van der Waals surface area contributed by atoms with Crippen molar-refractivity contribution in [2.24, 2.45) is 5.92 Å². The lowest BCUT2D eigenvalue weighted by Gasteiger charge is -2.33. The molecule has 6 nitrogen and oxygen atoms in total. The van der Waals surface area contributed by atoms with E-state index >= 15 is 0 Å². The second-order valence-electron chi connectivity index (χ2n) is 6.95. The molecule has 0 atom stereocenters. The van der Waals surface area contributed by atoms with Gasteiger partial charge in [0.25, 0.3) is 0 Å². The van der Waals surface area contributed by atoms with Crippen LogP contribution in [0.3, 0.4) is 0 Å². The highest BCUT2D eigenvalue weighted by Gasteiger charge is 2.23. The van der Waals surface area contributed by atoms with E-state index in [1.54, 1.807) is 18.7 Å². The van der Waals surface area contributed by atoms with Crippen LogP contribution in [0.2, 0.25) is 0 Å². The molecule has 1 fully saturated rings. The summed E-state index contributed by atoms with van der Waals surface area (Å²) in [6.45, 7) is 1.93. The first-order chi connectivity index (χ1) is 13.3. The molecule has 0 radical (unpaired) electrons. The molecule has 4 rings (SSSR count). The Morgan fingerprint density at radius 1 is 1.04 bits per heavy atom. The molecule has 3 heterocycles. The van der Waals surface area contributed by atoms with Gasteiger partial charge in [0, 0.05) is 19.3 Å². The molecule has 0 saturated carbocycles. The monoisotopic (exact) mass is 360 g/mol. The van der Waals surface area contributed by atoms with Gasteiger partial charge in [-0.15, -0.1) is 0 Å². The third kappa shape index (κ3) is 4.16. The number of nitrogens with two attached hydrogens (primary N) is 1. The van der Waals surface area contributed by atoms with E-state index < -0.39 is 0 Å². The molecule has 0 aliphatic carbocycles. The molecule has 3 aromatic rings. The van der Waals surface area contributed by atoms with Crippen LogP contribution in [0.1, 0.15) is 18.4 Å². The Morgan fingerprint density at radius 2 is 1.85 bits per heavy atom. The van der Waals surface area contributed by atoms with Crippen molar-refractivity contribution >= 4 is 23.0 Å². The van der Waals surface area contributed by atoms with Gasteiger partial charge in [-0.1, -0.05) is 30.3 Å². The Hall–Kier alpha value is -3.15. The van der Waals surface area contributed by atoms with E-state index in [2.05, 4.69) is 55.5 Å². The van der Waals surface area contributed by atoms with Crippen LogP contribution >= 0.6 is 0 Å². The zero-order valence-corrected chi connectivity index (χ0v) is 15.3. The van der Waals surface area contributed by atoms with Crippen molar-refractivity contribution in [2.75, 3.05) is 29.0 Å². The van der Waals surface area contributed by atoms with Gasteiger partial charge in [-0.2, -0.15) is 0 Å². The van der Waals surface area contributed by atoms with E-state index in [1.807, 2.05) is 12.1 Å². The summed E-state index contributed by atoms with van der Waals surface area (Å²) in [5, 5.41) is 3.23. The summed E-state index contributed by atoms with van der Waals surface area (Å²) < 4.78 is 0. The standard InChI is InChI=1S/C21H24N6/c22-19-20(26-18-7-4-10-23-14-18)24-15-25-21(19)27-11-8-17(9-12-27)13-16-5-2-1-3-6-16/h1-7,10,14-15,17H,8-9,11-13,22H2,(H,24,25,26). The van der Waals surface area contributed by atoms with Crippen LogP contribution in [-0.4, -0.2) is 28.0 Å². The molecule has 1 saturated heterocycles. The summed E-state index contributed by atoms with van der Waals surface area (Å²) in [6.07, 6.45) is 8.48. The highest BCUT2D eigenvalue weighted by molar-refractivity contribution is 5.78. The highest BCUT2D eigenvalue weighted by Crippen LogP contribution is 2.31. The summed E-state index contributed by atoms with van der Waals surface area (Å²) in [5.74, 6) is 2.15. The maximum Gasteiger partial charge on any atom is 0.159 e. The smallest absolute Gasteiger partial charge is 0.159 e. The average molecular weight is 360 g/mol. The zero-order valence-electron chi connectivity index (χ0n) is 15.3. The van der Waals surface area contributed by atoms with Crippen molar-refractivity contribution < 1.29 is 0 Å². The average Bonchev–Trinajstić information content (AvgIpc) is 2.72. The first-order valence-electron chi connectivity index (χ1n) is 9.36. The fraction of sp³-hybridized carbons (Fsp3) is 0.286. The lowest BCUT2D eigenvalue weighted by atomic mass is 9.90. The molecule has 3 N–H and O–H groups in total. The first kappa shape index (κ1) is 17.3. The number of anilines is 4. The number of nitrogens with zero attached hydrogens (tertiary/aromatic N) is 4. The van der Waals surface area contributed by atoms with Crippen molar-refractivity contribution in [3.05, 3.63) is 66.7 Å². The minimum absolute atomic E-state index is 0.586. The Morgan fingerprint density at radius 3 is 2.59 bits per heavy atom. The Kier molecular flexibility index (Phi) is 5.14. The third-order valence-corrected chi connectivity index (χ3v) is 5.07. The van der Waals surface area contributed by atoms with Crippen molar-refractivity contribution in [3.8, 4) is 0 Å². The Bertz CT molecular complexity index is 860. The predicted octanol–water partition coefficient (Wildman–Crippen LogP) is 3.66. The van der Waals surface area contributed by atoms with Crippen LogP contribution in [0.5, 0.6) is 0 Å². The van der Waals surface area contributed by atoms with Crippen LogP contribution in [0.15, 0.2) is 61.2 Å².